The Hall–Kier alpha value is -2.96. The third-order valence-electron chi connectivity index (χ3n) is 3.16. The van der Waals surface area contributed by atoms with E-state index in [4.69, 9.17) is 4.74 Å². The van der Waals surface area contributed by atoms with Crippen LogP contribution in [0, 0.1) is 5.92 Å². The summed E-state index contributed by atoms with van der Waals surface area (Å²) in [6, 6.07) is 7.23. The van der Waals surface area contributed by atoms with Crippen molar-refractivity contribution >= 4 is 0 Å². The molecule has 0 N–H and O–H groups in total. The molecule has 0 atom stereocenters. The smallest absolute Gasteiger partial charge is 0.313 e. The normalized spacial score (nSPS) is 10.9. The Kier molecular flexibility index (Phi) is 4.18. The van der Waals surface area contributed by atoms with Crippen molar-refractivity contribution in [3.63, 3.8) is 0 Å². The molecule has 2 heterocycles. The Bertz CT molecular complexity index is 840. The van der Waals surface area contributed by atoms with Gasteiger partial charge >= 0.3 is 5.56 Å². The standard InChI is InChI=1S/C16H17N5O2/c1-12(2)11-20-8-6-17-15(16(20)22)23-14-5-3-4-13(10-14)21-9-7-18-19-21/h3-10,12H,11H2,1-2H3. The average molecular weight is 311 g/mol. The molecule has 23 heavy (non-hydrogen) atoms. The van der Waals surface area contributed by atoms with Gasteiger partial charge in [-0.15, -0.1) is 5.10 Å². The predicted molar refractivity (Wildman–Crippen MR) is 84.8 cm³/mol. The van der Waals surface area contributed by atoms with E-state index in [0.29, 0.717) is 18.2 Å². The van der Waals surface area contributed by atoms with Crippen LogP contribution in [0.2, 0.25) is 0 Å². The molecule has 3 aromatic rings. The summed E-state index contributed by atoms with van der Waals surface area (Å²) in [7, 11) is 0. The summed E-state index contributed by atoms with van der Waals surface area (Å²) in [5.74, 6) is 0.937. The zero-order valence-corrected chi connectivity index (χ0v) is 13.0. The Balaban J connectivity index is 1.88. The molecule has 2 aromatic heterocycles. The highest BCUT2D eigenvalue weighted by Gasteiger charge is 2.09. The molecule has 0 amide bonds. The fourth-order valence-electron chi connectivity index (χ4n) is 2.18. The van der Waals surface area contributed by atoms with Crippen molar-refractivity contribution in [1.29, 1.82) is 0 Å². The fourth-order valence-corrected chi connectivity index (χ4v) is 2.18. The van der Waals surface area contributed by atoms with Gasteiger partial charge in [0, 0.05) is 25.0 Å². The monoisotopic (exact) mass is 311 g/mol. The molecule has 0 saturated heterocycles. The summed E-state index contributed by atoms with van der Waals surface area (Å²) in [5, 5.41) is 7.70. The van der Waals surface area contributed by atoms with E-state index in [9.17, 15) is 4.79 Å². The lowest BCUT2D eigenvalue weighted by atomic mass is 10.2. The minimum atomic E-state index is -0.243. The first-order valence-corrected chi connectivity index (χ1v) is 7.33. The van der Waals surface area contributed by atoms with Crippen LogP contribution in [0.15, 0.2) is 53.8 Å². The third kappa shape index (κ3) is 3.45. The molecular formula is C16H17N5O2. The molecule has 7 heteroatoms. The molecule has 0 bridgehead atoms. The van der Waals surface area contributed by atoms with Crippen LogP contribution >= 0.6 is 0 Å². The Morgan fingerprint density at radius 2 is 2.09 bits per heavy atom. The molecule has 0 aliphatic heterocycles. The molecule has 0 spiro atoms. The van der Waals surface area contributed by atoms with Crippen molar-refractivity contribution < 1.29 is 4.74 Å². The number of hydrogen-bond acceptors (Lipinski definition) is 5. The van der Waals surface area contributed by atoms with Crippen molar-refractivity contribution in [2.45, 2.75) is 20.4 Å². The van der Waals surface area contributed by atoms with Gasteiger partial charge in [-0.25, -0.2) is 9.67 Å². The van der Waals surface area contributed by atoms with Crippen LogP contribution in [0.1, 0.15) is 13.8 Å². The highest BCUT2D eigenvalue weighted by atomic mass is 16.5. The molecule has 0 radical (unpaired) electrons. The van der Waals surface area contributed by atoms with Crippen LogP contribution in [-0.2, 0) is 6.54 Å². The van der Waals surface area contributed by atoms with Gasteiger partial charge in [-0.1, -0.05) is 25.1 Å². The molecule has 1 aromatic carbocycles. The highest BCUT2D eigenvalue weighted by Crippen LogP contribution is 2.19. The quantitative estimate of drug-likeness (QED) is 0.722. The number of hydrogen-bond donors (Lipinski definition) is 0. The van der Waals surface area contributed by atoms with E-state index < -0.39 is 0 Å². The molecular weight excluding hydrogens is 294 g/mol. The molecule has 7 nitrogen and oxygen atoms in total. The van der Waals surface area contributed by atoms with Crippen LogP contribution in [0.25, 0.3) is 5.69 Å². The lowest BCUT2D eigenvalue weighted by Crippen LogP contribution is -2.23. The number of aromatic nitrogens is 5. The lowest BCUT2D eigenvalue weighted by Gasteiger charge is -2.10. The first-order chi connectivity index (χ1) is 11.1. The summed E-state index contributed by atoms with van der Waals surface area (Å²) < 4.78 is 8.88. The number of benzene rings is 1. The molecule has 0 aliphatic rings. The van der Waals surface area contributed by atoms with Crippen molar-refractivity contribution in [3.05, 3.63) is 59.4 Å². The minimum Gasteiger partial charge on any atom is -0.435 e. The average Bonchev–Trinajstić information content (AvgIpc) is 3.06. The van der Waals surface area contributed by atoms with Crippen LogP contribution in [0.3, 0.4) is 0 Å². The first kappa shape index (κ1) is 15.0. The van der Waals surface area contributed by atoms with E-state index in [0.717, 1.165) is 5.69 Å². The van der Waals surface area contributed by atoms with Crippen molar-refractivity contribution in [1.82, 2.24) is 24.5 Å². The second kappa shape index (κ2) is 6.43. The Morgan fingerprint density at radius 3 is 2.83 bits per heavy atom. The van der Waals surface area contributed by atoms with Gasteiger partial charge in [0.05, 0.1) is 18.1 Å². The van der Waals surface area contributed by atoms with E-state index >= 15 is 0 Å². The van der Waals surface area contributed by atoms with Gasteiger partial charge in [-0.05, 0) is 18.1 Å². The Morgan fingerprint density at radius 1 is 1.22 bits per heavy atom. The maximum atomic E-state index is 12.4. The molecule has 118 valence electrons. The molecule has 3 rings (SSSR count). The van der Waals surface area contributed by atoms with Gasteiger partial charge in [0.15, 0.2) is 0 Å². The summed E-state index contributed by atoms with van der Waals surface area (Å²) in [6.45, 7) is 4.72. The first-order valence-electron chi connectivity index (χ1n) is 7.33. The zero-order chi connectivity index (χ0) is 16.2. The van der Waals surface area contributed by atoms with Crippen LogP contribution in [0.5, 0.6) is 11.6 Å². The van der Waals surface area contributed by atoms with E-state index in [1.165, 1.54) is 0 Å². The number of rotatable bonds is 5. The minimum absolute atomic E-state index is 0.0592. The zero-order valence-electron chi connectivity index (χ0n) is 13.0. The molecule has 0 unspecified atom stereocenters. The summed E-state index contributed by atoms with van der Waals surface area (Å²) >= 11 is 0. The molecule has 0 saturated carbocycles. The van der Waals surface area contributed by atoms with Crippen LogP contribution in [-0.4, -0.2) is 24.5 Å². The maximum Gasteiger partial charge on any atom is 0.313 e. The molecule has 0 fully saturated rings. The summed E-state index contributed by atoms with van der Waals surface area (Å²) in [4.78, 5) is 16.4. The number of ether oxygens (including phenoxy) is 1. The van der Waals surface area contributed by atoms with Gasteiger partial charge in [-0.2, -0.15) is 0 Å². The Labute approximate surface area is 133 Å². The second-order valence-electron chi connectivity index (χ2n) is 5.53. The maximum absolute atomic E-state index is 12.4. The largest absolute Gasteiger partial charge is 0.435 e. The summed E-state index contributed by atoms with van der Waals surface area (Å²) in [5.41, 5.74) is 0.547. The SMILES string of the molecule is CC(C)Cn1ccnc(Oc2cccc(-n3ccnn3)c2)c1=O. The van der Waals surface area contributed by atoms with E-state index in [1.807, 2.05) is 12.1 Å². The fraction of sp³-hybridized carbons (Fsp3) is 0.250. The van der Waals surface area contributed by atoms with Crippen LogP contribution in [0.4, 0.5) is 0 Å². The van der Waals surface area contributed by atoms with E-state index in [-0.39, 0.29) is 11.4 Å². The highest BCUT2D eigenvalue weighted by molar-refractivity contribution is 5.39. The van der Waals surface area contributed by atoms with Crippen molar-refractivity contribution in [3.8, 4) is 17.3 Å². The van der Waals surface area contributed by atoms with Gasteiger partial charge in [0.1, 0.15) is 5.75 Å². The van der Waals surface area contributed by atoms with E-state index in [1.54, 1.807) is 46.2 Å². The van der Waals surface area contributed by atoms with Crippen molar-refractivity contribution in [2.24, 2.45) is 5.92 Å². The number of nitrogens with zero attached hydrogens (tertiary/aromatic N) is 5. The van der Waals surface area contributed by atoms with Crippen LogP contribution < -0.4 is 10.3 Å². The van der Waals surface area contributed by atoms with Crippen molar-refractivity contribution in [2.75, 3.05) is 0 Å². The second-order valence-corrected chi connectivity index (χ2v) is 5.53. The van der Waals surface area contributed by atoms with E-state index in [2.05, 4.69) is 29.1 Å². The third-order valence-corrected chi connectivity index (χ3v) is 3.16. The van der Waals surface area contributed by atoms with Gasteiger partial charge < -0.3 is 9.30 Å². The van der Waals surface area contributed by atoms with Gasteiger partial charge in [-0.3, -0.25) is 4.79 Å². The predicted octanol–water partition coefficient (Wildman–Crippen LogP) is 2.27. The molecule has 0 aliphatic carbocycles. The summed E-state index contributed by atoms with van der Waals surface area (Å²) in [6.07, 6.45) is 6.56. The topological polar surface area (TPSA) is 74.8 Å². The van der Waals surface area contributed by atoms with Gasteiger partial charge in [0.25, 0.3) is 5.88 Å². The lowest BCUT2D eigenvalue weighted by molar-refractivity contribution is 0.432. The van der Waals surface area contributed by atoms with Gasteiger partial charge in [0.2, 0.25) is 0 Å².